The van der Waals surface area contributed by atoms with Gasteiger partial charge < -0.3 is 25.8 Å². The summed E-state index contributed by atoms with van der Waals surface area (Å²) in [7, 11) is 0. The van der Waals surface area contributed by atoms with Gasteiger partial charge in [-0.1, -0.05) is 49.6 Å². The van der Waals surface area contributed by atoms with Crippen LogP contribution in [0.25, 0.3) is 0 Å². The second-order valence-electron chi connectivity index (χ2n) is 11.1. The molecule has 1 aliphatic carbocycles. The molecule has 3 N–H and O–H groups in total. The van der Waals surface area contributed by atoms with E-state index in [1.807, 2.05) is 36.4 Å². The molecule has 40 heavy (non-hydrogen) atoms. The largest absolute Gasteiger partial charge is 0.366 e. The van der Waals surface area contributed by atoms with Crippen LogP contribution in [0.5, 0.6) is 0 Å². The molecule has 1 radical (unpaired) electrons. The Morgan fingerprint density at radius 3 is 2.40 bits per heavy atom. The molecule has 9 heteroatoms. The van der Waals surface area contributed by atoms with Gasteiger partial charge in [-0.15, -0.1) is 0 Å². The second-order valence-corrected chi connectivity index (χ2v) is 11.1. The minimum absolute atomic E-state index is 0.0429. The number of nitrogens with two attached hydrogens (primary N) is 1. The number of nitrogens with zero attached hydrogens (tertiary/aromatic N) is 3. The lowest BCUT2D eigenvalue weighted by Crippen LogP contribution is -2.57. The highest BCUT2D eigenvalue weighted by Gasteiger charge is 2.54. The van der Waals surface area contributed by atoms with E-state index in [9.17, 15) is 19.2 Å². The summed E-state index contributed by atoms with van der Waals surface area (Å²) in [5.41, 5.74) is 6.77. The molecular weight excluding hydrogens is 506 g/mol. The van der Waals surface area contributed by atoms with Crippen LogP contribution in [0.2, 0.25) is 0 Å². The number of amides is 4. The van der Waals surface area contributed by atoms with E-state index < -0.39 is 11.4 Å². The van der Waals surface area contributed by atoms with Crippen molar-refractivity contribution in [2.45, 2.75) is 62.9 Å². The normalized spacial score (nSPS) is 19.2. The number of piperidine rings is 1. The number of primary amides is 1. The number of nitrogens with one attached hydrogen (secondary N) is 1. The molecule has 2 heterocycles. The van der Waals surface area contributed by atoms with E-state index in [4.69, 9.17) is 5.73 Å². The number of carbonyl (C=O) groups excluding carboxylic acids is 4. The van der Waals surface area contributed by atoms with Crippen molar-refractivity contribution in [1.82, 2.24) is 15.1 Å². The SMILES string of the molecule is NC(=O)c1cccc(C[CH]C(=O)N2CCC3(CC2)C(=O)N(CC(=O)NC2CCCCC2)CN3c2ccccc2)c1. The maximum atomic E-state index is 13.9. The van der Waals surface area contributed by atoms with Gasteiger partial charge in [-0.2, -0.15) is 0 Å². The van der Waals surface area contributed by atoms with E-state index in [1.165, 1.54) is 6.42 Å². The Morgan fingerprint density at radius 1 is 0.975 bits per heavy atom. The van der Waals surface area contributed by atoms with Crippen LogP contribution in [0.15, 0.2) is 54.6 Å². The fourth-order valence-electron chi connectivity index (χ4n) is 6.30. The molecule has 2 saturated heterocycles. The van der Waals surface area contributed by atoms with Crippen LogP contribution in [-0.2, 0) is 20.8 Å². The average molecular weight is 545 g/mol. The smallest absolute Gasteiger partial charge is 0.250 e. The number of hydrogen-bond donors (Lipinski definition) is 2. The minimum atomic E-state index is -0.793. The van der Waals surface area contributed by atoms with Crippen LogP contribution in [-0.4, -0.2) is 71.3 Å². The first-order valence-electron chi connectivity index (χ1n) is 14.3. The van der Waals surface area contributed by atoms with Gasteiger partial charge >= 0.3 is 0 Å². The average Bonchev–Trinajstić information content (AvgIpc) is 3.23. The Kier molecular flexibility index (Phi) is 8.38. The van der Waals surface area contributed by atoms with Gasteiger partial charge in [0.2, 0.25) is 17.7 Å². The predicted molar refractivity (Wildman–Crippen MR) is 152 cm³/mol. The maximum Gasteiger partial charge on any atom is 0.250 e. The van der Waals surface area contributed by atoms with Gasteiger partial charge in [-0.3, -0.25) is 19.2 Å². The van der Waals surface area contributed by atoms with Crippen LogP contribution < -0.4 is 16.0 Å². The highest BCUT2D eigenvalue weighted by atomic mass is 16.2. The Balaban J connectivity index is 1.23. The molecule has 1 saturated carbocycles. The fourth-order valence-corrected chi connectivity index (χ4v) is 6.30. The van der Waals surface area contributed by atoms with Gasteiger partial charge in [0.15, 0.2) is 0 Å². The van der Waals surface area contributed by atoms with Crippen molar-refractivity contribution < 1.29 is 19.2 Å². The van der Waals surface area contributed by atoms with Gasteiger partial charge in [-0.25, -0.2) is 0 Å². The first kappa shape index (κ1) is 27.7. The summed E-state index contributed by atoms with van der Waals surface area (Å²) >= 11 is 0. The third-order valence-electron chi connectivity index (χ3n) is 8.51. The molecule has 4 amide bonds. The first-order valence-corrected chi connectivity index (χ1v) is 14.3. The Bertz CT molecular complexity index is 1240. The van der Waals surface area contributed by atoms with Crippen molar-refractivity contribution in [3.8, 4) is 0 Å². The van der Waals surface area contributed by atoms with Gasteiger partial charge in [0, 0.05) is 30.4 Å². The summed E-state index contributed by atoms with van der Waals surface area (Å²) in [5.74, 6) is -0.749. The highest BCUT2D eigenvalue weighted by molar-refractivity contribution is 5.97. The van der Waals surface area contributed by atoms with Gasteiger partial charge in [0.25, 0.3) is 5.91 Å². The number of likely N-dealkylation sites (tertiary alicyclic amines) is 1. The summed E-state index contributed by atoms with van der Waals surface area (Å²) in [6, 6.07) is 17.0. The number of rotatable bonds is 8. The van der Waals surface area contributed by atoms with E-state index in [1.54, 1.807) is 34.4 Å². The van der Waals surface area contributed by atoms with Crippen molar-refractivity contribution in [3.05, 3.63) is 72.1 Å². The van der Waals surface area contributed by atoms with Gasteiger partial charge in [0.05, 0.1) is 13.1 Å². The number of benzene rings is 2. The molecule has 9 nitrogen and oxygen atoms in total. The molecule has 2 aliphatic heterocycles. The van der Waals surface area contributed by atoms with E-state index in [0.717, 1.165) is 36.9 Å². The van der Waals surface area contributed by atoms with Crippen molar-refractivity contribution in [3.63, 3.8) is 0 Å². The zero-order valence-corrected chi connectivity index (χ0v) is 22.9. The summed E-state index contributed by atoms with van der Waals surface area (Å²) in [6.45, 7) is 1.26. The molecule has 2 aromatic rings. The molecule has 0 aromatic heterocycles. The van der Waals surface area contributed by atoms with Crippen molar-refractivity contribution in [2.75, 3.05) is 31.2 Å². The monoisotopic (exact) mass is 544 g/mol. The molecule has 3 aliphatic rings. The predicted octanol–water partition coefficient (Wildman–Crippen LogP) is 2.65. The maximum absolute atomic E-state index is 13.9. The summed E-state index contributed by atoms with van der Waals surface area (Å²) in [6.07, 6.45) is 8.44. The first-order chi connectivity index (χ1) is 19.4. The molecular formula is C31H38N5O4. The number of hydrogen-bond acceptors (Lipinski definition) is 5. The number of anilines is 1. The number of carbonyl (C=O) groups is 4. The van der Waals surface area contributed by atoms with Crippen LogP contribution in [0.4, 0.5) is 5.69 Å². The van der Waals surface area contributed by atoms with Gasteiger partial charge in [0.1, 0.15) is 12.1 Å². The molecule has 0 unspecified atom stereocenters. The molecule has 0 atom stereocenters. The standard InChI is InChI=1S/C31H38N5O4/c32-29(39)24-9-7-8-23(20-24)14-15-28(38)34-18-16-31(17-19-34)30(40)35(22-36(31)26-12-5-2-6-13-26)21-27(37)33-25-10-3-1-4-11-25/h2,5-9,12-13,15,20,25H,1,3-4,10-11,14,16-19,21-22H2,(H2,32,39)(H,33,37). The van der Waals surface area contributed by atoms with Crippen molar-refractivity contribution in [1.29, 1.82) is 0 Å². The van der Waals surface area contributed by atoms with E-state index in [2.05, 4.69) is 10.2 Å². The third-order valence-corrected chi connectivity index (χ3v) is 8.51. The summed E-state index contributed by atoms with van der Waals surface area (Å²) in [4.78, 5) is 56.9. The Hall–Kier alpha value is -3.88. The van der Waals surface area contributed by atoms with Crippen LogP contribution in [0.1, 0.15) is 60.9 Å². The van der Waals surface area contributed by atoms with Crippen LogP contribution >= 0.6 is 0 Å². The van der Waals surface area contributed by atoms with Gasteiger partial charge in [-0.05, 0) is 61.9 Å². The summed E-state index contributed by atoms with van der Waals surface area (Å²) < 4.78 is 0. The third kappa shape index (κ3) is 5.98. The van der Waals surface area contributed by atoms with Crippen LogP contribution in [0, 0.1) is 6.42 Å². The zero-order chi connectivity index (χ0) is 28.1. The van der Waals surface area contributed by atoms with E-state index >= 15 is 0 Å². The second kappa shape index (κ2) is 12.1. The molecule has 1 spiro atoms. The lowest BCUT2D eigenvalue weighted by molar-refractivity contribution is -0.139. The number of para-hydroxylation sites is 1. The molecule has 0 bridgehead atoms. The highest BCUT2D eigenvalue weighted by Crippen LogP contribution is 2.39. The molecule has 5 rings (SSSR count). The quantitative estimate of drug-likeness (QED) is 0.530. The fraction of sp³-hybridized carbons (Fsp3) is 0.452. The van der Waals surface area contributed by atoms with Crippen molar-refractivity contribution >= 4 is 29.3 Å². The molecule has 2 aromatic carbocycles. The van der Waals surface area contributed by atoms with E-state index in [-0.39, 0.29) is 30.3 Å². The lowest BCUT2D eigenvalue weighted by atomic mass is 9.85. The topological polar surface area (TPSA) is 116 Å². The van der Waals surface area contributed by atoms with Crippen LogP contribution in [0.3, 0.4) is 0 Å². The summed E-state index contributed by atoms with van der Waals surface area (Å²) in [5, 5.41) is 3.14. The van der Waals surface area contributed by atoms with Crippen molar-refractivity contribution in [2.24, 2.45) is 5.73 Å². The molecule has 211 valence electrons. The Morgan fingerprint density at radius 2 is 1.70 bits per heavy atom. The Labute approximate surface area is 235 Å². The zero-order valence-electron chi connectivity index (χ0n) is 22.9. The van der Waals surface area contributed by atoms with E-state index in [0.29, 0.717) is 44.6 Å². The lowest BCUT2D eigenvalue weighted by Gasteiger charge is -2.43. The molecule has 3 fully saturated rings. The minimum Gasteiger partial charge on any atom is -0.366 e.